The summed E-state index contributed by atoms with van der Waals surface area (Å²) in [5.74, 6) is 0. The van der Waals surface area contributed by atoms with Gasteiger partial charge in [-0.1, -0.05) is 128 Å². The average Bonchev–Trinajstić information content (AvgIpc) is 3.86. The predicted molar refractivity (Wildman–Crippen MR) is 250 cm³/mol. The number of benzene rings is 8. The Morgan fingerprint density at radius 2 is 1.37 bits per heavy atom. The van der Waals surface area contributed by atoms with Crippen molar-refractivity contribution in [2.45, 2.75) is 42.5 Å². The van der Waals surface area contributed by atoms with E-state index in [9.17, 15) is 0 Å². The number of hydrogen-bond donors (Lipinski definition) is 0. The van der Waals surface area contributed by atoms with E-state index in [0.29, 0.717) is 6.54 Å². The van der Waals surface area contributed by atoms with Gasteiger partial charge in [-0.25, -0.2) is 0 Å². The molecule has 0 spiro atoms. The van der Waals surface area contributed by atoms with Crippen molar-refractivity contribution in [2.75, 3.05) is 9.80 Å². The predicted octanol–water partition coefficient (Wildman–Crippen LogP) is 14.0. The Morgan fingerprint density at radius 3 is 2.24 bits per heavy atom. The molecule has 0 bridgehead atoms. The normalized spacial score (nSPS) is 12.9. The van der Waals surface area contributed by atoms with Crippen LogP contribution < -0.4 is 15.3 Å². The lowest BCUT2D eigenvalue weighted by molar-refractivity contribution is 0.668. The van der Waals surface area contributed by atoms with Crippen LogP contribution in [0.2, 0.25) is 0 Å². The van der Waals surface area contributed by atoms with Gasteiger partial charge < -0.3 is 18.6 Å². The molecule has 8 aromatic carbocycles. The maximum atomic E-state index is 6.96. The molecule has 0 saturated carbocycles. The van der Waals surface area contributed by atoms with Crippen molar-refractivity contribution in [2.24, 2.45) is 0 Å². The van der Waals surface area contributed by atoms with Crippen LogP contribution >= 0.6 is 11.8 Å². The second-order valence-corrected chi connectivity index (χ2v) is 17.0. The van der Waals surface area contributed by atoms with E-state index in [1.165, 1.54) is 60.0 Å². The quantitative estimate of drug-likeness (QED) is 0.151. The van der Waals surface area contributed by atoms with Crippen LogP contribution in [0.1, 0.15) is 30.9 Å². The molecule has 59 heavy (non-hydrogen) atoms. The van der Waals surface area contributed by atoms with Crippen molar-refractivity contribution in [1.82, 2.24) is 0 Å². The molecule has 0 amide bonds. The van der Waals surface area contributed by atoms with Crippen LogP contribution in [0.25, 0.3) is 66.1 Å². The zero-order valence-corrected chi connectivity index (χ0v) is 33.8. The average molecular weight is 779 g/mol. The lowest BCUT2D eigenvalue weighted by atomic mass is 9.85. The highest BCUT2D eigenvalue weighted by Gasteiger charge is 2.36. The number of rotatable bonds is 7. The number of furan rings is 2. The number of hydrogen-bond acceptors (Lipinski definition) is 5. The Kier molecular flexibility index (Phi) is 7.86. The maximum Gasteiger partial charge on any atom is 0.143 e. The van der Waals surface area contributed by atoms with Crippen LogP contribution in [0, 0.1) is 0 Å². The molecule has 2 aliphatic rings. The van der Waals surface area contributed by atoms with Gasteiger partial charge in [0.2, 0.25) is 0 Å². The SMILES string of the molecule is Bc1c(N(c2ccc(CCCC)cc2-c2ccccc2)c2cc3c(oc4ccccc43)c3c2CN2c4ccccc4Sc4cccc-3c42)ccc2oc3ccccc3c12. The molecule has 0 unspecified atom stereocenters. The Labute approximate surface area is 348 Å². The van der Waals surface area contributed by atoms with Crippen molar-refractivity contribution in [3.63, 3.8) is 0 Å². The highest BCUT2D eigenvalue weighted by atomic mass is 32.2. The van der Waals surface area contributed by atoms with Gasteiger partial charge in [0.1, 0.15) is 30.2 Å². The zero-order valence-electron chi connectivity index (χ0n) is 33.0. The lowest BCUT2D eigenvalue weighted by Crippen LogP contribution is -2.28. The van der Waals surface area contributed by atoms with Gasteiger partial charge in [0, 0.05) is 59.3 Å². The first-order chi connectivity index (χ1) is 29.1. The van der Waals surface area contributed by atoms with Gasteiger partial charge in [-0.05, 0) is 84.6 Å². The van der Waals surface area contributed by atoms with Gasteiger partial charge in [-0.3, -0.25) is 0 Å². The minimum Gasteiger partial charge on any atom is -0.456 e. The monoisotopic (exact) mass is 778 g/mol. The molecule has 10 aromatic rings. The van der Waals surface area contributed by atoms with Crippen LogP contribution in [0.15, 0.2) is 176 Å². The Bertz CT molecular complexity index is 3310. The number of aryl methyl sites for hydroxylation is 1. The van der Waals surface area contributed by atoms with Crippen molar-refractivity contribution >= 4 is 97.4 Å². The number of fused-ring (bicyclic) bond motifs is 11. The van der Waals surface area contributed by atoms with Crippen LogP contribution in [0.4, 0.5) is 28.4 Å². The summed E-state index contributed by atoms with van der Waals surface area (Å²) in [6.45, 7) is 2.95. The van der Waals surface area contributed by atoms with E-state index in [1.807, 2.05) is 11.8 Å². The number of nitrogens with zero attached hydrogens (tertiary/aromatic N) is 2. The molecule has 2 aliphatic heterocycles. The number of para-hydroxylation sites is 4. The molecule has 4 heterocycles. The minimum absolute atomic E-state index is 0.681. The summed E-state index contributed by atoms with van der Waals surface area (Å²) in [6.07, 6.45) is 3.34. The lowest BCUT2D eigenvalue weighted by Gasteiger charge is -2.40. The fourth-order valence-electron chi connectivity index (χ4n) is 9.71. The summed E-state index contributed by atoms with van der Waals surface area (Å²) >= 11 is 1.86. The molecule has 0 radical (unpaired) electrons. The number of anilines is 5. The third-order valence-electron chi connectivity index (χ3n) is 12.4. The van der Waals surface area contributed by atoms with Crippen LogP contribution in [-0.2, 0) is 13.0 Å². The van der Waals surface area contributed by atoms with Crippen LogP contribution in [-0.4, -0.2) is 7.85 Å². The van der Waals surface area contributed by atoms with E-state index in [2.05, 4.69) is 182 Å². The molecule has 0 atom stereocenters. The van der Waals surface area contributed by atoms with Gasteiger partial charge in [0.15, 0.2) is 0 Å². The third kappa shape index (κ3) is 5.26. The zero-order chi connectivity index (χ0) is 39.2. The highest BCUT2D eigenvalue weighted by Crippen LogP contribution is 2.59. The molecule has 0 aliphatic carbocycles. The fraction of sp³-hybridized carbons (Fsp3) is 0.0943. The van der Waals surface area contributed by atoms with Gasteiger partial charge in [0.25, 0.3) is 0 Å². The van der Waals surface area contributed by atoms with E-state index < -0.39 is 0 Å². The maximum absolute atomic E-state index is 6.96. The minimum atomic E-state index is 0.681. The van der Waals surface area contributed by atoms with Crippen LogP contribution in [0.5, 0.6) is 0 Å². The smallest absolute Gasteiger partial charge is 0.143 e. The van der Waals surface area contributed by atoms with Crippen LogP contribution in [0.3, 0.4) is 0 Å². The van der Waals surface area contributed by atoms with Crippen molar-refractivity contribution in [3.8, 4) is 22.3 Å². The van der Waals surface area contributed by atoms with E-state index >= 15 is 0 Å². The summed E-state index contributed by atoms with van der Waals surface area (Å²) in [4.78, 5) is 7.63. The Balaban J connectivity index is 1.23. The first kappa shape index (κ1) is 34.4. The molecular weight excluding hydrogens is 739 g/mol. The molecule has 4 nitrogen and oxygen atoms in total. The summed E-state index contributed by atoms with van der Waals surface area (Å²) in [7, 11) is 2.27. The summed E-state index contributed by atoms with van der Waals surface area (Å²) in [6, 6.07) is 57.5. The summed E-state index contributed by atoms with van der Waals surface area (Å²) < 4.78 is 13.5. The van der Waals surface area contributed by atoms with Gasteiger partial charge >= 0.3 is 0 Å². The molecule has 2 aromatic heterocycles. The highest BCUT2D eigenvalue weighted by molar-refractivity contribution is 7.99. The standard InChI is InChI=1S/C53H39BN2O2S/c1-2-3-14-32-25-26-40(37(29-32)33-15-5-4-6-16-33)56(42-27-28-46-50(51(42)54)35-18-8-11-22-45(35)57-46)43-30-38-34-17-7-10-21-44(34)58-53(38)49-36-19-13-24-48-52(36)55(31-39(43)49)41-20-9-12-23-47(41)59-48/h4-13,15-30H,2-3,14,31,54H2,1H3. The molecule has 0 saturated heterocycles. The first-order valence-corrected chi connectivity index (χ1v) is 21.5. The van der Waals surface area contributed by atoms with Gasteiger partial charge in [0.05, 0.1) is 29.3 Å². The summed E-state index contributed by atoms with van der Waals surface area (Å²) in [5, 5.41) is 4.50. The molecule has 6 heteroatoms. The molecule has 282 valence electrons. The molecular formula is C53H39BN2O2S. The Morgan fingerprint density at radius 1 is 0.627 bits per heavy atom. The topological polar surface area (TPSA) is 32.8 Å². The van der Waals surface area contributed by atoms with Crippen molar-refractivity contribution in [3.05, 3.63) is 169 Å². The van der Waals surface area contributed by atoms with E-state index in [1.54, 1.807) is 0 Å². The van der Waals surface area contributed by atoms with Crippen molar-refractivity contribution < 1.29 is 8.83 Å². The molecule has 0 N–H and O–H groups in total. The van der Waals surface area contributed by atoms with E-state index in [-0.39, 0.29) is 0 Å². The summed E-state index contributed by atoms with van der Waals surface area (Å²) in [5.41, 5.74) is 18.0. The third-order valence-corrected chi connectivity index (χ3v) is 13.6. The fourth-order valence-corrected chi connectivity index (χ4v) is 10.8. The van der Waals surface area contributed by atoms with Crippen molar-refractivity contribution in [1.29, 1.82) is 0 Å². The van der Waals surface area contributed by atoms with Gasteiger partial charge in [-0.15, -0.1) is 0 Å². The second kappa shape index (κ2) is 13.5. The van der Waals surface area contributed by atoms with E-state index in [4.69, 9.17) is 8.83 Å². The largest absolute Gasteiger partial charge is 0.456 e. The molecule has 0 fully saturated rings. The Hall–Kier alpha value is -6.63. The first-order valence-electron chi connectivity index (χ1n) is 20.7. The van der Waals surface area contributed by atoms with Gasteiger partial charge in [-0.2, -0.15) is 0 Å². The molecule has 12 rings (SSSR count). The second-order valence-electron chi connectivity index (χ2n) is 15.9. The van der Waals surface area contributed by atoms with E-state index in [0.717, 1.165) is 80.2 Å². The number of unbranched alkanes of at least 4 members (excludes halogenated alkanes) is 1.